The molecule has 4 aromatic rings. The largest absolute Gasteiger partial charge is 0.238 e. The van der Waals surface area contributed by atoms with Crippen LogP contribution in [0, 0.1) is 24.7 Å². The van der Waals surface area contributed by atoms with Gasteiger partial charge in [-0.3, -0.25) is 0 Å². The molecular weight excluding hydrogens is 589 g/mol. The maximum absolute atomic E-state index is 5.72. The Morgan fingerprint density at radius 3 is 1.26 bits per heavy atom. The van der Waals surface area contributed by atoms with Gasteiger partial charge in [0.2, 0.25) is 0 Å². The summed E-state index contributed by atoms with van der Waals surface area (Å²) in [6, 6.07) is 8.44. The molecule has 0 aliphatic heterocycles. The van der Waals surface area contributed by atoms with Gasteiger partial charge >= 0.3 is 0 Å². The molecule has 2 nitrogen and oxygen atoms in total. The molecule has 42 heavy (non-hydrogen) atoms. The standard InChI is InChI=1S/C36H44N2S4/c1-5-9-11-13-15-17-19-21-29-33(31-25-23-27(7-3)39-31)41-35(37-29)36-38-30(22-20-18-16-14-12-10-6-2)34(42-36)32-26-24-28(8-4)40-32/h3-4,23-26H,5-6,9-22H2,1-2H3. The van der Waals surface area contributed by atoms with Crippen molar-refractivity contribution in [3.63, 3.8) is 0 Å². The molecule has 0 saturated carbocycles. The van der Waals surface area contributed by atoms with Gasteiger partial charge in [-0.15, -0.1) is 58.2 Å². The highest BCUT2D eigenvalue weighted by molar-refractivity contribution is 7.28. The Labute approximate surface area is 270 Å². The van der Waals surface area contributed by atoms with Crippen molar-refractivity contribution in [2.45, 2.75) is 117 Å². The number of terminal acetylenes is 2. The molecule has 0 aromatic carbocycles. The Balaban J connectivity index is 1.55. The molecule has 4 aromatic heterocycles. The van der Waals surface area contributed by atoms with Crippen LogP contribution in [-0.2, 0) is 12.8 Å². The van der Waals surface area contributed by atoms with Crippen molar-refractivity contribution in [2.75, 3.05) is 0 Å². The number of rotatable bonds is 19. The highest BCUT2D eigenvalue weighted by Gasteiger charge is 2.21. The third-order valence-electron chi connectivity index (χ3n) is 7.56. The minimum absolute atomic E-state index is 0.970. The van der Waals surface area contributed by atoms with Gasteiger partial charge in [0.25, 0.3) is 0 Å². The van der Waals surface area contributed by atoms with Crippen molar-refractivity contribution in [1.29, 1.82) is 0 Å². The summed E-state index contributed by atoms with van der Waals surface area (Å²) < 4.78 is 0. The van der Waals surface area contributed by atoms with E-state index < -0.39 is 0 Å². The van der Waals surface area contributed by atoms with Crippen LogP contribution < -0.4 is 0 Å². The summed E-state index contributed by atoms with van der Waals surface area (Å²) in [4.78, 5) is 17.4. The number of hydrogen-bond acceptors (Lipinski definition) is 6. The zero-order valence-corrected chi connectivity index (χ0v) is 28.6. The van der Waals surface area contributed by atoms with Crippen molar-refractivity contribution in [3.8, 4) is 54.2 Å². The quantitative estimate of drug-likeness (QED) is 0.0759. The van der Waals surface area contributed by atoms with Gasteiger partial charge in [0, 0.05) is 9.75 Å². The Hall–Kier alpha value is -2.22. The molecule has 4 rings (SSSR count). The van der Waals surface area contributed by atoms with Crippen LogP contribution in [0.1, 0.15) is 125 Å². The molecule has 0 amide bonds. The summed E-state index contributed by atoms with van der Waals surface area (Å²) in [5.41, 5.74) is 2.40. The Morgan fingerprint density at radius 2 is 0.905 bits per heavy atom. The number of nitrogens with zero attached hydrogens (tertiary/aromatic N) is 2. The predicted octanol–water partition coefficient (Wildman–Crippen LogP) is 12.3. The van der Waals surface area contributed by atoms with Crippen molar-refractivity contribution in [2.24, 2.45) is 0 Å². The first-order valence-electron chi connectivity index (χ1n) is 15.8. The average Bonchev–Trinajstić information content (AvgIpc) is 3.81. The van der Waals surface area contributed by atoms with E-state index in [-0.39, 0.29) is 0 Å². The summed E-state index contributed by atoms with van der Waals surface area (Å²) in [6.07, 6.45) is 31.6. The molecule has 0 N–H and O–H groups in total. The number of thiophene rings is 2. The van der Waals surface area contributed by atoms with E-state index in [1.165, 1.54) is 121 Å². The second-order valence-corrected chi connectivity index (χ2v) is 15.1. The lowest BCUT2D eigenvalue weighted by molar-refractivity contribution is 0.588. The molecule has 0 radical (unpaired) electrons. The van der Waals surface area contributed by atoms with Crippen molar-refractivity contribution >= 4 is 45.3 Å². The number of aryl methyl sites for hydroxylation is 2. The summed E-state index contributed by atoms with van der Waals surface area (Å²) in [7, 11) is 0. The van der Waals surface area contributed by atoms with Gasteiger partial charge in [0.05, 0.1) is 30.9 Å². The monoisotopic (exact) mass is 632 g/mol. The molecular formula is C36H44N2S4. The smallest absolute Gasteiger partial charge is 0.153 e. The fourth-order valence-electron chi connectivity index (χ4n) is 5.18. The topological polar surface area (TPSA) is 25.8 Å². The third-order valence-corrected chi connectivity index (χ3v) is 12.3. The summed E-state index contributed by atoms with van der Waals surface area (Å²) in [5.74, 6) is 5.61. The van der Waals surface area contributed by atoms with Crippen LogP contribution in [-0.4, -0.2) is 9.97 Å². The Bertz CT molecular complexity index is 1340. The number of aromatic nitrogens is 2. The van der Waals surface area contributed by atoms with Gasteiger partial charge in [-0.25, -0.2) is 9.97 Å². The van der Waals surface area contributed by atoms with Crippen LogP contribution >= 0.6 is 45.3 Å². The highest BCUT2D eigenvalue weighted by Crippen LogP contribution is 2.44. The second kappa shape index (κ2) is 17.8. The molecule has 0 unspecified atom stereocenters. The first-order chi connectivity index (χ1) is 20.7. The molecule has 0 fully saturated rings. The first kappa shape index (κ1) is 32.7. The molecule has 0 aliphatic rings. The molecule has 6 heteroatoms. The number of unbranched alkanes of at least 4 members (excludes halogenated alkanes) is 12. The number of thiazole rings is 2. The van der Waals surface area contributed by atoms with Gasteiger partial charge < -0.3 is 0 Å². The highest BCUT2D eigenvalue weighted by atomic mass is 32.1. The maximum Gasteiger partial charge on any atom is 0.153 e. The van der Waals surface area contributed by atoms with E-state index in [1.54, 1.807) is 45.3 Å². The zero-order valence-electron chi connectivity index (χ0n) is 25.3. The van der Waals surface area contributed by atoms with E-state index in [9.17, 15) is 0 Å². The van der Waals surface area contributed by atoms with Crippen molar-refractivity contribution in [3.05, 3.63) is 45.4 Å². The molecule has 4 heterocycles. The van der Waals surface area contributed by atoms with Crippen LogP contribution in [0.5, 0.6) is 0 Å². The van der Waals surface area contributed by atoms with Crippen molar-refractivity contribution in [1.82, 2.24) is 9.97 Å². The van der Waals surface area contributed by atoms with Gasteiger partial charge in [-0.05, 0) is 49.9 Å². The Kier molecular flexibility index (Phi) is 13.8. The van der Waals surface area contributed by atoms with E-state index in [2.05, 4.69) is 50.0 Å². The van der Waals surface area contributed by atoms with Crippen LogP contribution in [0.25, 0.3) is 29.5 Å². The summed E-state index contributed by atoms with van der Waals surface area (Å²) in [5, 5.41) is 2.06. The predicted molar refractivity (Wildman–Crippen MR) is 189 cm³/mol. The minimum atomic E-state index is 0.970. The van der Waals surface area contributed by atoms with Crippen LogP contribution in [0.15, 0.2) is 24.3 Å². The lowest BCUT2D eigenvalue weighted by Crippen LogP contribution is -1.90. The second-order valence-electron chi connectivity index (χ2n) is 10.9. The molecule has 0 aliphatic carbocycles. The van der Waals surface area contributed by atoms with E-state index in [4.69, 9.17) is 22.8 Å². The minimum Gasteiger partial charge on any atom is -0.238 e. The van der Waals surface area contributed by atoms with Crippen molar-refractivity contribution < 1.29 is 0 Å². The molecule has 0 bridgehead atoms. The zero-order chi connectivity index (χ0) is 29.6. The Morgan fingerprint density at radius 1 is 0.524 bits per heavy atom. The molecule has 0 saturated heterocycles. The SMILES string of the molecule is C#Cc1ccc(-c2sc(-c3nc(CCCCCCCCC)c(-c4ccc(C#C)s4)s3)nc2CCCCCCCCC)s1. The van der Waals surface area contributed by atoms with E-state index in [0.29, 0.717) is 0 Å². The van der Waals surface area contributed by atoms with Gasteiger partial charge in [-0.1, -0.05) is 103 Å². The third kappa shape index (κ3) is 9.39. The first-order valence-corrected chi connectivity index (χ1v) is 19.1. The molecule has 0 spiro atoms. The average molecular weight is 633 g/mol. The maximum atomic E-state index is 5.72. The van der Waals surface area contributed by atoms with E-state index >= 15 is 0 Å². The van der Waals surface area contributed by atoms with E-state index in [1.807, 2.05) is 0 Å². The fourth-order valence-corrected chi connectivity index (χ4v) is 9.32. The normalized spacial score (nSPS) is 11.1. The summed E-state index contributed by atoms with van der Waals surface area (Å²) >= 11 is 6.95. The number of hydrogen-bond donors (Lipinski definition) is 0. The lowest BCUT2D eigenvalue weighted by atomic mass is 10.1. The van der Waals surface area contributed by atoms with Gasteiger partial charge in [0.1, 0.15) is 0 Å². The summed E-state index contributed by atoms with van der Waals surface area (Å²) in [6.45, 7) is 4.55. The molecule has 0 atom stereocenters. The lowest BCUT2D eigenvalue weighted by Gasteiger charge is -2.02. The van der Waals surface area contributed by atoms with Gasteiger partial charge in [-0.2, -0.15) is 0 Å². The van der Waals surface area contributed by atoms with Crippen LogP contribution in [0.4, 0.5) is 0 Å². The fraction of sp³-hybridized carbons (Fsp3) is 0.500. The van der Waals surface area contributed by atoms with Crippen LogP contribution in [0.2, 0.25) is 0 Å². The van der Waals surface area contributed by atoms with Gasteiger partial charge in [0.15, 0.2) is 10.0 Å². The van der Waals surface area contributed by atoms with Crippen LogP contribution in [0.3, 0.4) is 0 Å². The van der Waals surface area contributed by atoms with E-state index in [0.717, 1.165) is 32.6 Å². The molecule has 222 valence electrons.